The summed E-state index contributed by atoms with van der Waals surface area (Å²) in [7, 11) is 4.74. The minimum Gasteiger partial charge on any atom is -0.493 e. The number of rotatable bonds is 7. The first kappa shape index (κ1) is 15.1. The van der Waals surface area contributed by atoms with Gasteiger partial charge in [0.15, 0.2) is 11.5 Å². The number of ether oxygens (including phenoxy) is 3. The average molecular weight is 267 g/mol. The molecule has 0 saturated carbocycles. The summed E-state index contributed by atoms with van der Waals surface area (Å²) in [5, 5.41) is 2.83. The molecule has 0 aliphatic carbocycles. The second kappa shape index (κ2) is 7.51. The first-order valence-corrected chi connectivity index (χ1v) is 6.21. The van der Waals surface area contributed by atoms with Crippen molar-refractivity contribution < 1.29 is 19.0 Å². The zero-order chi connectivity index (χ0) is 14.3. The van der Waals surface area contributed by atoms with Crippen LogP contribution in [0.4, 0.5) is 0 Å². The Kier molecular flexibility index (Phi) is 5.99. The maximum atomic E-state index is 11.2. The van der Waals surface area contributed by atoms with Crippen molar-refractivity contribution in [2.75, 3.05) is 27.9 Å². The summed E-state index contributed by atoms with van der Waals surface area (Å²) in [4.78, 5) is 11.2. The van der Waals surface area contributed by atoms with E-state index in [1.165, 1.54) is 0 Å². The molecule has 1 N–H and O–H groups in total. The van der Waals surface area contributed by atoms with E-state index < -0.39 is 0 Å². The van der Waals surface area contributed by atoms with Gasteiger partial charge < -0.3 is 19.5 Å². The molecule has 0 saturated heterocycles. The highest BCUT2D eigenvalue weighted by Crippen LogP contribution is 2.38. The van der Waals surface area contributed by atoms with Gasteiger partial charge in [-0.15, -0.1) is 0 Å². The summed E-state index contributed by atoms with van der Waals surface area (Å²) < 4.78 is 15.8. The van der Waals surface area contributed by atoms with E-state index in [1.807, 2.05) is 19.1 Å². The number of methoxy groups -OCH3 is 3. The van der Waals surface area contributed by atoms with Crippen LogP contribution >= 0.6 is 0 Å². The highest BCUT2D eigenvalue weighted by atomic mass is 16.5. The second-order valence-electron chi connectivity index (χ2n) is 3.99. The van der Waals surface area contributed by atoms with Crippen molar-refractivity contribution in [3.63, 3.8) is 0 Å². The Labute approximate surface area is 113 Å². The standard InChI is InChI=1S/C14H21NO4/c1-5-13(16)15-7-6-10-8-11(17-2)14(19-4)12(9-10)18-3/h8-9H,5-7H2,1-4H3,(H,15,16). The number of hydrogen-bond acceptors (Lipinski definition) is 4. The fraction of sp³-hybridized carbons (Fsp3) is 0.500. The molecule has 1 aromatic rings. The van der Waals surface area contributed by atoms with E-state index in [9.17, 15) is 4.79 Å². The molecular weight excluding hydrogens is 246 g/mol. The molecule has 1 amide bonds. The number of carbonyl (C=O) groups is 1. The summed E-state index contributed by atoms with van der Waals surface area (Å²) in [6.45, 7) is 2.42. The smallest absolute Gasteiger partial charge is 0.219 e. The molecule has 0 unspecified atom stereocenters. The molecule has 5 nitrogen and oxygen atoms in total. The van der Waals surface area contributed by atoms with Gasteiger partial charge in [0.25, 0.3) is 0 Å². The van der Waals surface area contributed by atoms with Gasteiger partial charge >= 0.3 is 0 Å². The average Bonchev–Trinajstić information content (AvgIpc) is 2.45. The molecule has 0 aliphatic heterocycles. The van der Waals surface area contributed by atoms with Gasteiger partial charge in [-0.25, -0.2) is 0 Å². The Morgan fingerprint density at radius 1 is 1.11 bits per heavy atom. The maximum absolute atomic E-state index is 11.2. The Balaban J connectivity index is 2.81. The summed E-state index contributed by atoms with van der Waals surface area (Å²) in [5.41, 5.74) is 1.02. The summed E-state index contributed by atoms with van der Waals surface area (Å²) >= 11 is 0. The number of carbonyl (C=O) groups excluding carboxylic acids is 1. The van der Waals surface area contributed by atoms with Crippen LogP contribution in [0.1, 0.15) is 18.9 Å². The molecule has 0 aromatic heterocycles. The Morgan fingerprint density at radius 2 is 1.68 bits per heavy atom. The van der Waals surface area contributed by atoms with Crippen molar-refractivity contribution in [1.82, 2.24) is 5.32 Å². The van der Waals surface area contributed by atoms with Gasteiger partial charge in [0.2, 0.25) is 11.7 Å². The van der Waals surface area contributed by atoms with Gasteiger partial charge in [-0.05, 0) is 24.1 Å². The van der Waals surface area contributed by atoms with E-state index in [0.29, 0.717) is 36.6 Å². The predicted octanol–water partition coefficient (Wildman–Crippen LogP) is 1.78. The third kappa shape index (κ3) is 4.05. The highest BCUT2D eigenvalue weighted by Gasteiger charge is 2.12. The fourth-order valence-electron chi connectivity index (χ4n) is 1.75. The lowest BCUT2D eigenvalue weighted by molar-refractivity contribution is -0.120. The van der Waals surface area contributed by atoms with E-state index in [-0.39, 0.29) is 5.91 Å². The predicted molar refractivity (Wildman–Crippen MR) is 73.1 cm³/mol. The van der Waals surface area contributed by atoms with Gasteiger partial charge in [0.1, 0.15) is 0 Å². The van der Waals surface area contributed by atoms with Crippen LogP contribution in [0.25, 0.3) is 0 Å². The summed E-state index contributed by atoms with van der Waals surface area (Å²) in [6.07, 6.45) is 1.21. The summed E-state index contributed by atoms with van der Waals surface area (Å²) in [5.74, 6) is 1.87. The molecule has 1 aromatic carbocycles. The normalized spacial score (nSPS) is 9.89. The van der Waals surface area contributed by atoms with Crippen LogP contribution in [0.15, 0.2) is 12.1 Å². The topological polar surface area (TPSA) is 56.8 Å². The van der Waals surface area contributed by atoms with Crippen molar-refractivity contribution in [2.45, 2.75) is 19.8 Å². The number of hydrogen-bond donors (Lipinski definition) is 1. The quantitative estimate of drug-likeness (QED) is 0.818. The largest absolute Gasteiger partial charge is 0.493 e. The minimum absolute atomic E-state index is 0.0486. The van der Waals surface area contributed by atoms with Gasteiger partial charge in [-0.3, -0.25) is 4.79 Å². The van der Waals surface area contributed by atoms with Crippen LogP contribution in [0.5, 0.6) is 17.2 Å². The summed E-state index contributed by atoms with van der Waals surface area (Å²) in [6, 6.07) is 3.78. The van der Waals surface area contributed by atoms with Crippen molar-refractivity contribution in [2.24, 2.45) is 0 Å². The molecule has 106 valence electrons. The van der Waals surface area contributed by atoms with Crippen LogP contribution in [-0.4, -0.2) is 33.8 Å². The molecule has 0 bridgehead atoms. The molecule has 5 heteroatoms. The van der Waals surface area contributed by atoms with Gasteiger partial charge in [-0.1, -0.05) is 6.92 Å². The first-order valence-electron chi connectivity index (χ1n) is 6.21. The molecular formula is C14H21NO4. The van der Waals surface area contributed by atoms with Crippen molar-refractivity contribution >= 4 is 5.91 Å². The molecule has 1 rings (SSSR count). The van der Waals surface area contributed by atoms with Crippen molar-refractivity contribution in [3.8, 4) is 17.2 Å². The molecule has 0 fully saturated rings. The van der Waals surface area contributed by atoms with E-state index in [4.69, 9.17) is 14.2 Å². The van der Waals surface area contributed by atoms with Crippen LogP contribution < -0.4 is 19.5 Å². The minimum atomic E-state index is 0.0486. The van der Waals surface area contributed by atoms with Crippen LogP contribution in [-0.2, 0) is 11.2 Å². The maximum Gasteiger partial charge on any atom is 0.219 e. The second-order valence-corrected chi connectivity index (χ2v) is 3.99. The van der Waals surface area contributed by atoms with Crippen LogP contribution in [0, 0.1) is 0 Å². The number of benzene rings is 1. The third-order valence-electron chi connectivity index (χ3n) is 2.78. The Bertz CT molecular complexity index is 406. The van der Waals surface area contributed by atoms with E-state index in [2.05, 4.69) is 5.32 Å². The third-order valence-corrected chi connectivity index (χ3v) is 2.78. The molecule has 0 aliphatic rings. The molecule has 0 spiro atoms. The lowest BCUT2D eigenvalue weighted by Crippen LogP contribution is -2.24. The Hall–Kier alpha value is -1.91. The lowest BCUT2D eigenvalue weighted by Gasteiger charge is -2.14. The van der Waals surface area contributed by atoms with Crippen molar-refractivity contribution in [1.29, 1.82) is 0 Å². The van der Waals surface area contributed by atoms with Crippen LogP contribution in [0.3, 0.4) is 0 Å². The number of nitrogens with one attached hydrogen (secondary N) is 1. The van der Waals surface area contributed by atoms with E-state index >= 15 is 0 Å². The molecule has 0 atom stereocenters. The van der Waals surface area contributed by atoms with Crippen LogP contribution in [0.2, 0.25) is 0 Å². The van der Waals surface area contributed by atoms with E-state index in [0.717, 1.165) is 5.56 Å². The number of amides is 1. The molecule has 0 heterocycles. The lowest BCUT2D eigenvalue weighted by atomic mass is 10.1. The highest BCUT2D eigenvalue weighted by molar-refractivity contribution is 5.75. The Morgan fingerprint density at radius 3 is 2.11 bits per heavy atom. The van der Waals surface area contributed by atoms with Crippen molar-refractivity contribution in [3.05, 3.63) is 17.7 Å². The molecule has 19 heavy (non-hydrogen) atoms. The fourth-order valence-corrected chi connectivity index (χ4v) is 1.75. The zero-order valence-electron chi connectivity index (χ0n) is 11.9. The van der Waals surface area contributed by atoms with Gasteiger partial charge in [-0.2, -0.15) is 0 Å². The van der Waals surface area contributed by atoms with Gasteiger partial charge in [0, 0.05) is 13.0 Å². The van der Waals surface area contributed by atoms with Gasteiger partial charge in [0.05, 0.1) is 21.3 Å². The monoisotopic (exact) mass is 267 g/mol. The zero-order valence-corrected chi connectivity index (χ0v) is 11.9. The SMILES string of the molecule is CCC(=O)NCCc1cc(OC)c(OC)c(OC)c1. The molecule has 0 radical (unpaired) electrons. The first-order chi connectivity index (χ1) is 9.15. The van der Waals surface area contributed by atoms with E-state index in [1.54, 1.807) is 21.3 Å².